The fraction of sp³-hybridized carbons (Fsp3) is 0.333. The first-order valence-corrected chi connectivity index (χ1v) is 6.58. The third-order valence-electron chi connectivity index (χ3n) is 1.94. The molecule has 0 radical (unpaired) electrons. The molecular weight excluding hydrogens is 238 g/mol. The van der Waals surface area contributed by atoms with E-state index in [1.54, 1.807) is 24.3 Å². The highest BCUT2D eigenvalue weighted by molar-refractivity contribution is 7.92. The van der Waals surface area contributed by atoms with E-state index in [9.17, 15) is 13.5 Å². The monoisotopic (exact) mass is 249 g/mol. The molecule has 3 N–H and O–H groups in total. The number of rotatable bonds is 3. The van der Waals surface area contributed by atoms with Gasteiger partial charge in [0.2, 0.25) is 0 Å². The van der Waals surface area contributed by atoms with Crippen LogP contribution in [0.5, 0.6) is 0 Å². The van der Waals surface area contributed by atoms with Gasteiger partial charge in [0.05, 0.1) is 0 Å². The topological polar surface area (TPSA) is 80.4 Å². The largest absolute Gasteiger partial charge is 0.399 e. The molecule has 0 aliphatic rings. The predicted octanol–water partition coefficient (Wildman–Crippen LogP) is 0.912. The molecule has 0 fully saturated rings. The van der Waals surface area contributed by atoms with Gasteiger partial charge in [-0.2, -0.15) is 0 Å². The Kier molecular flexibility index (Phi) is 3.59. The summed E-state index contributed by atoms with van der Waals surface area (Å²) in [5.74, 6) is 0. The molecule has 0 heterocycles. The van der Waals surface area contributed by atoms with Gasteiger partial charge in [-0.3, -0.25) is 0 Å². The number of halogens is 1. The SMILES string of the molecule is CS(=O)(=O)[C@@H](Cl)[C@H](O)c1ccc(N)cc1. The fourth-order valence-corrected chi connectivity index (χ4v) is 1.85. The lowest BCUT2D eigenvalue weighted by atomic mass is 10.1. The Bertz CT molecular complexity index is 429. The average Bonchev–Trinajstić information content (AvgIpc) is 2.15. The Labute approximate surface area is 93.6 Å². The molecule has 1 aromatic rings. The molecule has 84 valence electrons. The highest BCUT2D eigenvalue weighted by Gasteiger charge is 2.27. The minimum absolute atomic E-state index is 0.426. The van der Waals surface area contributed by atoms with E-state index in [1.165, 1.54) is 0 Å². The lowest BCUT2D eigenvalue weighted by molar-refractivity contribution is 0.192. The number of sulfone groups is 1. The van der Waals surface area contributed by atoms with Crippen molar-refractivity contribution in [1.82, 2.24) is 0 Å². The number of aliphatic hydroxyl groups is 1. The molecule has 1 aromatic carbocycles. The summed E-state index contributed by atoms with van der Waals surface area (Å²) in [6.45, 7) is 0. The van der Waals surface area contributed by atoms with Crippen LogP contribution < -0.4 is 5.73 Å². The van der Waals surface area contributed by atoms with Crippen molar-refractivity contribution in [2.75, 3.05) is 12.0 Å². The van der Waals surface area contributed by atoms with Crippen LogP contribution >= 0.6 is 11.6 Å². The van der Waals surface area contributed by atoms with Crippen LogP contribution in [-0.2, 0) is 9.84 Å². The van der Waals surface area contributed by atoms with Crippen LogP contribution in [0.4, 0.5) is 5.69 Å². The molecule has 0 unspecified atom stereocenters. The molecule has 0 saturated heterocycles. The second kappa shape index (κ2) is 4.38. The van der Waals surface area contributed by atoms with Crippen molar-refractivity contribution in [2.45, 2.75) is 10.8 Å². The van der Waals surface area contributed by atoms with Crippen molar-refractivity contribution in [3.8, 4) is 0 Å². The standard InChI is InChI=1S/C9H12ClNO3S/c1-15(13,14)9(10)8(12)6-2-4-7(11)5-3-6/h2-5,8-9,12H,11H2,1H3/t8-,9-/m1/s1. The van der Waals surface area contributed by atoms with Crippen LogP contribution in [0.15, 0.2) is 24.3 Å². The van der Waals surface area contributed by atoms with Gasteiger partial charge in [-0.1, -0.05) is 12.1 Å². The molecule has 0 amide bonds. The molecule has 1 rings (SSSR count). The lowest BCUT2D eigenvalue weighted by Gasteiger charge is -2.15. The minimum atomic E-state index is -3.48. The van der Waals surface area contributed by atoms with Crippen molar-refractivity contribution < 1.29 is 13.5 Å². The Morgan fingerprint density at radius 1 is 1.33 bits per heavy atom. The number of aliphatic hydroxyl groups excluding tert-OH is 1. The van der Waals surface area contributed by atoms with Crippen LogP contribution in [0, 0.1) is 0 Å². The zero-order valence-electron chi connectivity index (χ0n) is 8.09. The summed E-state index contributed by atoms with van der Waals surface area (Å²) < 4.78 is 20.8. The fourth-order valence-electron chi connectivity index (χ4n) is 1.08. The number of nitrogen functional groups attached to an aromatic ring is 1. The molecule has 0 aliphatic carbocycles. The molecule has 4 nitrogen and oxygen atoms in total. The van der Waals surface area contributed by atoms with Crippen LogP contribution in [0.25, 0.3) is 0 Å². The maximum atomic E-state index is 11.1. The number of nitrogens with two attached hydrogens (primary N) is 1. The van der Waals surface area contributed by atoms with E-state index < -0.39 is 20.7 Å². The Balaban J connectivity index is 2.95. The van der Waals surface area contributed by atoms with Gasteiger partial charge < -0.3 is 10.8 Å². The molecule has 0 bridgehead atoms. The van der Waals surface area contributed by atoms with Gasteiger partial charge in [0.15, 0.2) is 14.5 Å². The van der Waals surface area contributed by atoms with Crippen LogP contribution in [-0.4, -0.2) is 24.5 Å². The number of benzene rings is 1. The summed E-state index contributed by atoms with van der Waals surface area (Å²) in [4.78, 5) is 0. The molecule has 6 heteroatoms. The number of anilines is 1. The van der Waals surface area contributed by atoms with Crippen molar-refractivity contribution in [1.29, 1.82) is 0 Å². The van der Waals surface area contributed by atoms with Crippen molar-refractivity contribution in [3.05, 3.63) is 29.8 Å². The minimum Gasteiger partial charge on any atom is -0.399 e. The summed E-state index contributed by atoms with van der Waals surface area (Å²) in [6, 6.07) is 6.23. The average molecular weight is 250 g/mol. The van der Waals surface area contributed by atoms with Crippen molar-refractivity contribution in [2.24, 2.45) is 0 Å². The predicted molar refractivity (Wildman–Crippen MR) is 60.3 cm³/mol. The summed E-state index contributed by atoms with van der Waals surface area (Å²) in [5.41, 5.74) is 6.42. The Morgan fingerprint density at radius 2 is 1.80 bits per heavy atom. The molecular formula is C9H12ClNO3S. The van der Waals surface area contributed by atoms with Crippen molar-refractivity contribution in [3.63, 3.8) is 0 Å². The quantitative estimate of drug-likeness (QED) is 0.616. The van der Waals surface area contributed by atoms with Gasteiger partial charge in [-0.25, -0.2) is 8.42 Å². The summed E-state index contributed by atoms with van der Waals surface area (Å²) >= 11 is 5.61. The van der Waals surface area contributed by atoms with Gasteiger partial charge >= 0.3 is 0 Å². The van der Waals surface area contributed by atoms with E-state index in [1.807, 2.05) is 0 Å². The van der Waals surface area contributed by atoms with Gasteiger partial charge in [0, 0.05) is 11.9 Å². The summed E-state index contributed by atoms with van der Waals surface area (Å²) in [7, 11) is -3.48. The second-order valence-corrected chi connectivity index (χ2v) is 6.19. The van der Waals surface area contributed by atoms with Gasteiger partial charge in [0.1, 0.15) is 6.10 Å². The van der Waals surface area contributed by atoms with Crippen LogP contribution in [0.2, 0.25) is 0 Å². The maximum absolute atomic E-state index is 11.1. The lowest BCUT2D eigenvalue weighted by Crippen LogP contribution is -2.21. The van der Waals surface area contributed by atoms with E-state index in [0.717, 1.165) is 6.26 Å². The highest BCUT2D eigenvalue weighted by Crippen LogP contribution is 2.25. The van der Waals surface area contributed by atoms with Crippen LogP contribution in [0.1, 0.15) is 11.7 Å². The van der Waals surface area contributed by atoms with Gasteiger partial charge in [0.25, 0.3) is 0 Å². The molecule has 0 saturated carbocycles. The summed E-state index contributed by atoms with van der Waals surface area (Å²) in [5, 5.41) is 9.66. The molecule has 15 heavy (non-hydrogen) atoms. The zero-order chi connectivity index (χ0) is 11.6. The third-order valence-corrected chi connectivity index (χ3v) is 4.22. The Morgan fingerprint density at radius 3 is 2.20 bits per heavy atom. The van der Waals surface area contributed by atoms with E-state index in [4.69, 9.17) is 17.3 Å². The normalized spacial score (nSPS) is 15.9. The van der Waals surface area contributed by atoms with Gasteiger partial charge in [-0.15, -0.1) is 11.6 Å². The highest BCUT2D eigenvalue weighted by atomic mass is 35.5. The van der Waals surface area contributed by atoms with E-state index in [-0.39, 0.29) is 0 Å². The second-order valence-electron chi connectivity index (χ2n) is 3.29. The first kappa shape index (κ1) is 12.3. The molecule has 0 aliphatic heterocycles. The van der Waals surface area contributed by atoms with Crippen molar-refractivity contribution >= 4 is 27.1 Å². The smallest absolute Gasteiger partial charge is 0.167 e. The molecule has 2 atom stereocenters. The Hall–Kier alpha value is -0.780. The zero-order valence-corrected chi connectivity index (χ0v) is 9.66. The number of alkyl halides is 1. The van der Waals surface area contributed by atoms with E-state index >= 15 is 0 Å². The van der Waals surface area contributed by atoms with Gasteiger partial charge in [-0.05, 0) is 17.7 Å². The van der Waals surface area contributed by atoms with Crippen LogP contribution in [0.3, 0.4) is 0 Å². The number of hydrogen-bond acceptors (Lipinski definition) is 4. The first-order valence-electron chi connectivity index (χ1n) is 4.19. The molecule has 0 aromatic heterocycles. The maximum Gasteiger partial charge on any atom is 0.167 e. The third kappa shape index (κ3) is 3.09. The first-order chi connectivity index (χ1) is 6.82. The number of hydrogen-bond donors (Lipinski definition) is 2. The molecule has 0 spiro atoms. The van der Waals surface area contributed by atoms with E-state index in [2.05, 4.69) is 0 Å². The summed E-state index contributed by atoms with van der Waals surface area (Å²) in [6.07, 6.45) is -0.271. The van der Waals surface area contributed by atoms with E-state index in [0.29, 0.717) is 11.3 Å².